The third-order valence-electron chi connectivity index (χ3n) is 8.53. The molecule has 0 aliphatic carbocycles. The number of ether oxygens (including phenoxy) is 1. The van der Waals surface area contributed by atoms with Gasteiger partial charge in [0.1, 0.15) is 41.2 Å². The van der Waals surface area contributed by atoms with Gasteiger partial charge in [-0.2, -0.15) is 0 Å². The standard InChI is InChI=1S/C24H17F4N3O2.C17H13BrFN3O/c25-20-3-1-2-16(10-20)11-23(32,19-13-29-15-30-14-19)22-9-6-18(12-31-22)17-4-7-21(8-5-17)33-24(26,27)28;18-14-4-5-16(22-10-14)17(23,13-8-20-11-21-9-13)7-12-2-1-3-15(19)6-12/h1-10,12-15,32H,11H2;1-6,8-11,23H,7H2. The van der Waals surface area contributed by atoms with Crippen molar-refractivity contribution in [3.63, 3.8) is 0 Å². The zero-order valence-electron chi connectivity index (χ0n) is 29.0. The monoisotopic (exact) mass is 828 g/mol. The first-order valence-corrected chi connectivity index (χ1v) is 17.5. The van der Waals surface area contributed by atoms with Crippen LogP contribution in [0, 0.1) is 11.6 Å². The molecule has 15 heteroatoms. The van der Waals surface area contributed by atoms with E-state index in [1.54, 1.807) is 54.7 Å². The predicted molar refractivity (Wildman–Crippen MR) is 199 cm³/mol. The molecule has 0 radical (unpaired) electrons. The summed E-state index contributed by atoms with van der Waals surface area (Å²) in [5.74, 6) is -1.11. The average molecular weight is 830 g/mol. The maximum atomic E-state index is 13.7. The molecule has 0 amide bonds. The first kappa shape index (κ1) is 39.7. The van der Waals surface area contributed by atoms with Gasteiger partial charge >= 0.3 is 6.36 Å². The van der Waals surface area contributed by atoms with Crippen molar-refractivity contribution in [1.82, 2.24) is 29.9 Å². The van der Waals surface area contributed by atoms with Crippen molar-refractivity contribution in [3.05, 3.63) is 197 Å². The van der Waals surface area contributed by atoms with Crippen LogP contribution in [0.3, 0.4) is 0 Å². The van der Waals surface area contributed by atoms with E-state index in [1.165, 1.54) is 92.2 Å². The van der Waals surface area contributed by atoms with Crippen molar-refractivity contribution >= 4 is 15.9 Å². The Hall–Kier alpha value is -6.03. The number of alkyl halides is 3. The molecule has 2 atom stereocenters. The van der Waals surface area contributed by atoms with Crippen LogP contribution in [0.4, 0.5) is 22.0 Å². The molecule has 0 aliphatic heterocycles. The Morgan fingerprint density at radius 3 is 1.43 bits per heavy atom. The van der Waals surface area contributed by atoms with Gasteiger partial charge in [-0.25, -0.2) is 28.7 Å². The lowest BCUT2D eigenvalue weighted by atomic mass is 9.85. The van der Waals surface area contributed by atoms with Crippen molar-refractivity contribution in [2.45, 2.75) is 30.4 Å². The molecule has 0 saturated heterocycles. The van der Waals surface area contributed by atoms with Crippen LogP contribution in [0.2, 0.25) is 0 Å². The summed E-state index contributed by atoms with van der Waals surface area (Å²) in [6, 6.07) is 24.2. The molecule has 0 spiro atoms. The summed E-state index contributed by atoms with van der Waals surface area (Å²) in [5.41, 5.74) is 0.946. The van der Waals surface area contributed by atoms with Gasteiger partial charge in [-0.05, 0) is 87.2 Å². The van der Waals surface area contributed by atoms with Crippen LogP contribution in [0.5, 0.6) is 5.75 Å². The molecule has 0 bridgehead atoms. The lowest BCUT2D eigenvalue weighted by molar-refractivity contribution is -0.274. The van der Waals surface area contributed by atoms with Crippen LogP contribution in [0.15, 0.2) is 151 Å². The molecule has 0 saturated carbocycles. The van der Waals surface area contributed by atoms with E-state index in [0.29, 0.717) is 39.1 Å². The van der Waals surface area contributed by atoms with E-state index in [0.717, 1.165) is 4.47 Å². The molecule has 7 aromatic rings. The van der Waals surface area contributed by atoms with Crippen molar-refractivity contribution in [1.29, 1.82) is 0 Å². The number of pyridine rings is 2. The van der Waals surface area contributed by atoms with Crippen molar-refractivity contribution in [2.75, 3.05) is 0 Å². The minimum atomic E-state index is -4.77. The summed E-state index contributed by atoms with van der Waals surface area (Å²) >= 11 is 3.33. The third-order valence-corrected chi connectivity index (χ3v) is 9.00. The van der Waals surface area contributed by atoms with Gasteiger partial charge in [0.15, 0.2) is 0 Å². The largest absolute Gasteiger partial charge is 0.573 e. The molecule has 0 aliphatic rings. The normalized spacial score (nSPS) is 13.4. The minimum Gasteiger partial charge on any atom is -0.406 e. The number of halogens is 6. The van der Waals surface area contributed by atoms with Gasteiger partial charge in [0.05, 0.1) is 11.4 Å². The van der Waals surface area contributed by atoms with E-state index in [9.17, 15) is 32.2 Å². The number of rotatable bonds is 10. The van der Waals surface area contributed by atoms with Crippen LogP contribution >= 0.6 is 15.9 Å². The SMILES string of the molecule is OC(Cc1cccc(F)c1)(c1cncnc1)c1ccc(-c2ccc(OC(F)(F)F)cc2)cn1.OC(Cc1cccc(F)c1)(c1cncnc1)c1ccc(Br)cn1. The third kappa shape index (κ3) is 9.98. The van der Waals surface area contributed by atoms with E-state index in [-0.39, 0.29) is 30.1 Å². The van der Waals surface area contributed by atoms with Crippen LogP contribution in [-0.2, 0) is 24.0 Å². The summed E-state index contributed by atoms with van der Waals surface area (Å²) in [4.78, 5) is 24.6. The highest BCUT2D eigenvalue weighted by molar-refractivity contribution is 9.10. The molecule has 0 fully saturated rings. The first-order chi connectivity index (χ1) is 26.8. The molecule has 2 N–H and O–H groups in total. The van der Waals surface area contributed by atoms with E-state index in [2.05, 4.69) is 50.6 Å². The van der Waals surface area contributed by atoms with Crippen LogP contribution in [-0.4, -0.2) is 46.5 Å². The molecule has 9 nitrogen and oxygen atoms in total. The van der Waals surface area contributed by atoms with E-state index in [4.69, 9.17) is 0 Å². The highest BCUT2D eigenvalue weighted by Crippen LogP contribution is 2.34. The number of nitrogens with zero attached hydrogens (tertiary/aromatic N) is 6. The van der Waals surface area contributed by atoms with E-state index >= 15 is 0 Å². The first-order valence-electron chi connectivity index (χ1n) is 16.7. The van der Waals surface area contributed by atoms with Gasteiger partial charge in [0.2, 0.25) is 0 Å². The highest BCUT2D eigenvalue weighted by atomic mass is 79.9. The number of hydrogen-bond donors (Lipinski definition) is 2. The molecular formula is C41H30BrF5N6O3. The summed E-state index contributed by atoms with van der Waals surface area (Å²) < 4.78 is 68.9. The highest BCUT2D eigenvalue weighted by Gasteiger charge is 2.36. The lowest BCUT2D eigenvalue weighted by Gasteiger charge is -2.28. The Kier molecular flexibility index (Phi) is 12.2. The Morgan fingerprint density at radius 1 is 0.554 bits per heavy atom. The Morgan fingerprint density at radius 2 is 1.02 bits per heavy atom. The van der Waals surface area contributed by atoms with Gasteiger partial charge in [-0.1, -0.05) is 42.5 Å². The quantitative estimate of drug-likeness (QED) is 0.131. The van der Waals surface area contributed by atoms with E-state index < -0.39 is 23.4 Å². The van der Waals surface area contributed by atoms with Gasteiger partial charge < -0.3 is 14.9 Å². The van der Waals surface area contributed by atoms with Gasteiger partial charge in [-0.15, -0.1) is 13.2 Å². The fourth-order valence-electron chi connectivity index (χ4n) is 5.87. The van der Waals surface area contributed by atoms with Crippen molar-refractivity contribution < 1.29 is 36.9 Å². The van der Waals surface area contributed by atoms with Crippen LogP contribution in [0.25, 0.3) is 11.1 Å². The average Bonchev–Trinajstić information content (AvgIpc) is 3.19. The molecular weight excluding hydrogens is 799 g/mol. The fourth-order valence-corrected chi connectivity index (χ4v) is 6.10. The fraction of sp³-hybridized carbons (Fsp3) is 0.122. The van der Waals surface area contributed by atoms with Crippen LogP contribution in [0.1, 0.15) is 33.6 Å². The van der Waals surface area contributed by atoms with Crippen LogP contribution < -0.4 is 4.74 Å². The second-order valence-corrected chi connectivity index (χ2v) is 13.4. The summed E-state index contributed by atoms with van der Waals surface area (Å²) in [7, 11) is 0. The Bertz CT molecular complexity index is 2350. The summed E-state index contributed by atoms with van der Waals surface area (Å²) in [6.07, 6.45) is 7.23. The van der Waals surface area contributed by atoms with Gasteiger partial charge in [0, 0.05) is 71.2 Å². The van der Waals surface area contributed by atoms with Crippen molar-refractivity contribution in [2.24, 2.45) is 0 Å². The molecule has 2 unspecified atom stereocenters. The van der Waals surface area contributed by atoms with Crippen molar-refractivity contribution in [3.8, 4) is 16.9 Å². The summed E-state index contributed by atoms with van der Waals surface area (Å²) in [6.45, 7) is 0. The molecule has 4 heterocycles. The Balaban J connectivity index is 0.000000202. The topological polar surface area (TPSA) is 127 Å². The van der Waals surface area contributed by atoms with Gasteiger partial charge in [-0.3, -0.25) is 9.97 Å². The second-order valence-electron chi connectivity index (χ2n) is 12.5. The number of benzene rings is 3. The predicted octanol–water partition coefficient (Wildman–Crippen LogP) is 8.31. The second kappa shape index (κ2) is 17.2. The smallest absolute Gasteiger partial charge is 0.406 e. The number of aliphatic hydroxyl groups is 2. The zero-order valence-corrected chi connectivity index (χ0v) is 30.6. The van der Waals surface area contributed by atoms with Gasteiger partial charge in [0.25, 0.3) is 0 Å². The zero-order chi connectivity index (χ0) is 39.8. The molecule has 7 rings (SSSR count). The maximum absolute atomic E-state index is 13.7. The Labute approximate surface area is 325 Å². The summed E-state index contributed by atoms with van der Waals surface area (Å²) in [5, 5.41) is 22.9. The lowest BCUT2D eigenvalue weighted by Crippen LogP contribution is -2.31. The molecule has 4 aromatic heterocycles. The molecule has 284 valence electrons. The van der Waals surface area contributed by atoms with E-state index in [1.807, 2.05) is 0 Å². The molecule has 3 aromatic carbocycles. The molecule has 56 heavy (non-hydrogen) atoms. The number of aromatic nitrogens is 6. The number of hydrogen-bond acceptors (Lipinski definition) is 9. The maximum Gasteiger partial charge on any atom is 0.573 e. The minimum absolute atomic E-state index is 0.0218.